The van der Waals surface area contributed by atoms with Crippen LogP contribution in [0.5, 0.6) is 0 Å². The maximum Gasteiger partial charge on any atom is 0.407 e. The molecule has 1 aliphatic heterocycles. The lowest BCUT2D eigenvalue weighted by atomic mass is 10.1. The van der Waals surface area contributed by atoms with Crippen LogP contribution in [0, 0.1) is 0 Å². The van der Waals surface area contributed by atoms with Crippen molar-refractivity contribution in [1.82, 2.24) is 10.6 Å². The van der Waals surface area contributed by atoms with Gasteiger partial charge in [-0.05, 0) is 54.4 Å². The topological polar surface area (TPSA) is 85.9 Å². The van der Waals surface area contributed by atoms with Crippen molar-refractivity contribution in [2.75, 3.05) is 13.2 Å². The smallest absolute Gasteiger partial charge is 0.407 e. The van der Waals surface area contributed by atoms with Gasteiger partial charge in [-0.2, -0.15) is 0 Å². The molecule has 1 rings (SSSR count). The van der Waals surface area contributed by atoms with Crippen LogP contribution in [-0.2, 0) is 14.2 Å². The zero-order chi connectivity index (χ0) is 17.7. The van der Waals surface area contributed by atoms with Crippen LogP contribution in [0.2, 0.25) is 0 Å². The Morgan fingerprint density at radius 3 is 1.52 bits per heavy atom. The zero-order valence-corrected chi connectivity index (χ0v) is 15.0. The van der Waals surface area contributed by atoms with Gasteiger partial charge in [0.15, 0.2) is 0 Å². The largest absolute Gasteiger partial charge is 0.447 e. The SMILES string of the molecule is CC(C)(C)NC(=O)OC[C@@H]1CC[C@@H](COC(=O)NC(C)(C)C)O1. The number of alkyl carbamates (subject to hydrolysis) is 2. The van der Waals surface area contributed by atoms with Crippen molar-refractivity contribution in [3.8, 4) is 0 Å². The Morgan fingerprint density at radius 1 is 0.870 bits per heavy atom. The predicted molar refractivity (Wildman–Crippen MR) is 86.4 cm³/mol. The summed E-state index contributed by atoms with van der Waals surface area (Å²) in [6.45, 7) is 11.7. The fraction of sp³-hybridized carbons (Fsp3) is 0.875. The zero-order valence-electron chi connectivity index (χ0n) is 15.0. The molecule has 7 heteroatoms. The van der Waals surface area contributed by atoms with Gasteiger partial charge in [0.1, 0.15) is 13.2 Å². The van der Waals surface area contributed by atoms with Gasteiger partial charge in [-0.25, -0.2) is 9.59 Å². The summed E-state index contributed by atoms with van der Waals surface area (Å²) in [5.41, 5.74) is -0.658. The molecule has 0 unspecified atom stereocenters. The Labute approximate surface area is 138 Å². The third-order valence-electron chi connectivity index (χ3n) is 2.95. The Balaban J connectivity index is 2.20. The number of hydrogen-bond donors (Lipinski definition) is 2. The summed E-state index contributed by atoms with van der Waals surface area (Å²) < 4.78 is 16.0. The Kier molecular flexibility index (Phi) is 6.68. The van der Waals surface area contributed by atoms with E-state index in [0.717, 1.165) is 12.8 Å². The van der Waals surface area contributed by atoms with Gasteiger partial charge in [0.05, 0.1) is 12.2 Å². The Bertz CT molecular complexity index is 374. The predicted octanol–water partition coefficient (Wildman–Crippen LogP) is 2.58. The lowest BCUT2D eigenvalue weighted by molar-refractivity contribution is -0.0209. The molecule has 0 radical (unpaired) electrons. The highest BCUT2D eigenvalue weighted by Gasteiger charge is 2.28. The summed E-state index contributed by atoms with van der Waals surface area (Å²) in [5, 5.41) is 5.44. The minimum atomic E-state index is -0.453. The summed E-state index contributed by atoms with van der Waals surface area (Å²) in [6, 6.07) is 0. The van der Waals surface area contributed by atoms with Crippen molar-refractivity contribution in [2.45, 2.75) is 77.7 Å². The molecule has 0 bridgehead atoms. The van der Waals surface area contributed by atoms with Gasteiger partial charge in [-0.3, -0.25) is 0 Å². The molecule has 1 fully saturated rings. The summed E-state index contributed by atoms with van der Waals surface area (Å²) in [7, 11) is 0. The average molecular weight is 330 g/mol. The highest BCUT2D eigenvalue weighted by Crippen LogP contribution is 2.20. The molecule has 0 aromatic heterocycles. The van der Waals surface area contributed by atoms with Crippen molar-refractivity contribution in [3.63, 3.8) is 0 Å². The van der Waals surface area contributed by atoms with Crippen LogP contribution >= 0.6 is 0 Å². The lowest BCUT2D eigenvalue weighted by Crippen LogP contribution is -2.42. The van der Waals surface area contributed by atoms with Gasteiger partial charge < -0.3 is 24.8 Å². The molecule has 1 saturated heterocycles. The number of hydrogen-bond acceptors (Lipinski definition) is 5. The van der Waals surface area contributed by atoms with Gasteiger partial charge in [-0.15, -0.1) is 0 Å². The number of ether oxygens (including phenoxy) is 3. The summed E-state index contributed by atoms with van der Waals surface area (Å²) in [5.74, 6) is 0. The van der Waals surface area contributed by atoms with E-state index in [1.807, 2.05) is 41.5 Å². The minimum Gasteiger partial charge on any atom is -0.447 e. The fourth-order valence-electron chi connectivity index (χ4n) is 2.05. The number of carbonyl (C=O) groups excluding carboxylic acids is 2. The Morgan fingerprint density at radius 2 is 1.22 bits per heavy atom. The molecule has 0 spiro atoms. The molecule has 0 aromatic rings. The molecule has 2 atom stereocenters. The van der Waals surface area contributed by atoms with E-state index >= 15 is 0 Å². The highest BCUT2D eigenvalue weighted by atomic mass is 16.6. The quantitative estimate of drug-likeness (QED) is 0.827. The molecular formula is C16H30N2O5. The fourth-order valence-corrected chi connectivity index (χ4v) is 2.05. The molecule has 0 aliphatic carbocycles. The van der Waals surface area contributed by atoms with Crippen LogP contribution in [0.4, 0.5) is 9.59 Å². The van der Waals surface area contributed by atoms with E-state index in [4.69, 9.17) is 14.2 Å². The molecule has 2 amide bonds. The van der Waals surface area contributed by atoms with Crippen LogP contribution in [-0.4, -0.2) is 48.7 Å². The van der Waals surface area contributed by atoms with Crippen LogP contribution in [0.3, 0.4) is 0 Å². The summed E-state index contributed by atoms with van der Waals surface area (Å²) in [4.78, 5) is 23.2. The first kappa shape index (κ1) is 19.5. The first-order valence-corrected chi connectivity index (χ1v) is 8.00. The summed E-state index contributed by atoms with van der Waals surface area (Å²) >= 11 is 0. The number of carbonyl (C=O) groups is 2. The van der Waals surface area contributed by atoms with Crippen molar-refractivity contribution in [2.24, 2.45) is 0 Å². The standard InChI is InChI=1S/C16H30N2O5/c1-15(2,3)17-13(19)21-9-11-7-8-12(23-11)10-22-14(20)18-16(4,5)6/h11-12H,7-10H2,1-6H3,(H,17,19)(H,18,20)/t11-,12-/m0/s1. The van der Waals surface area contributed by atoms with Gasteiger partial charge in [0.2, 0.25) is 0 Å². The van der Waals surface area contributed by atoms with E-state index in [1.165, 1.54) is 0 Å². The number of amides is 2. The van der Waals surface area contributed by atoms with E-state index in [-0.39, 0.29) is 36.5 Å². The van der Waals surface area contributed by atoms with E-state index in [1.54, 1.807) is 0 Å². The third-order valence-corrected chi connectivity index (χ3v) is 2.95. The molecule has 23 heavy (non-hydrogen) atoms. The first-order chi connectivity index (χ1) is 10.4. The van der Waals surface area contributed by atoms with Crippen LogP contribution in [0.1, 0.15) is 54.4 Å². The molecule has 1 aliphatic rings. The van der Waals surface area contributed by atoms with Crippen LogP contribution < -0.4 is 10.6 Å². The van der Waals surface area contributed by atoms with Crippen molar-refractivity contribution in [3.05, 3.63) is 0 Å². The van der Waals surface area contributed by atoms with Gasteiger partial charge in [-0.1, -0.05) is 0 Å². The normalized spacial score (nSPS) is 21.7. The summed E-state index contributed by atoms with van der Waals surface area (Å²) in [6.07, 6.45) is 0.339. The molecule has 0 aromatic carbocycles. The second kappa shape index (κ2) is 7.86. The van der Waals surface area contributed by atoms with E-state index < -0.39 is 12.2 Å². The average Bonchev–Trinajstić information content (AvgIpc) is 2.77. The molecule has 7 nitrogen and oxygen atoms in total. The number of nitrogens with one attached hydrogen (secondary N) is 2. The monoisotopic (exact) mass is 330 g/mol. The lowest BCUT2D eigenvalue weighted by Gasteiger charge is -2.21. The van der Waals surface area contributed by atoms with E-state index in [9.17, 15) is 9.59 Å². The van der Waals surface area contributed by atoms with Crippen molar-refractivity contribution < 1.29 is 23.8 Å². The molecule has 0 saturated carbocycles. The Hall–Kier alpha value is -1.50. The second-order valence-electron chi connectivity index (χ2n) is 7.90. The third kappa shape index (κ3) is 9.28. The second-order valence-corrected chi connectivity index (χ2v) is 7.90. The van der Waals surface area contributed by atoms with Crippen LogP contribution in [0.15, 0.2) is 0 Å². The highest BCUT2D eigenvalue weighted by molar-refractivity contribution is 5.68. The van der Waals surface area contributed by atoms with Crippen LogP contribution in [0.25, 0.3) is 0 Å². The van der Waals surface area contributed by atoms with E-state index in [2.05, 4.69) is 10.6 Å². The van der Waals surface area contributed by atoms with Crippen molar-refractivity contribution >= 4 is 12.2 Å². The minimum absolute atomic E-state index is 0.153. The maximum absolute atomic E-state index is 11.6. The molecular weight excluding hydrogens is 300 g/mol. The number of rotatable bonds is 4. The van der Waals surface area contributed by atoms with E-state index in [0.29, 0.717) is 0 Å². The van der Waals surface area contributed by atoms with Crippen molar-refractivity contribution in [1.29, 1.82) is 0 Å². The molecule has 2 N–H and O–H groups in total. The van der Waals surface area contributed by atoms with Gasteiger partial charge >= 0.3 is 12.2 Å². The maximum atomic E-state index is 11.6. The molecule has 1 heterocycles. The van der Waals surface area contributed by atoms with Gasteiger partial charge in [0, 0.05) is 11.1 Å². The first-order valence-electron chi connectivity index (χ1n) is 8.00. The molecule has 134 valence electrons. The van der Waals surface area contributed by atoms with Gasteiger partial charge in [0.25, 0.3) is 0 Å².